The lowest BCUT2D eigenvalue weighted by Gasteiger charge is -2.43. The predicted octanol–water partition coefficient (Wildman–Crippen LogP) is 2.50. The average molecular weight is 437 g/mol. The van der Waals surface area contributed by atoms with Crippen LogP contribution in [0.1, 0.15) is 43.9 Å². The summed E-state index contributed by atoms with van der Waals surface area (Å²) in [5, 5.41) is 6.00. The topological polar surface area (TPSA) is 83.4 Å². The van der Waals surface area contributed by atoms with Crippen molar-refractivity contribution in [2.45, 2.75) is 57.7 Å². The van der Waals surface area contributed by atoms with E-state index in [1.165, 1.54) is 0 Å². The lowest BCUT2D eigenvalue weighted by molar-refractivity contribution is -0.123. The van der Waals surface area contributed by atoms with Crippen molar-refractivity contribution in [2.75, 3.05) is 13.1 Å². The molecule has 4 rings (SSSR count). The third-order valence-electron chi connectivity index (χ3n) is 6.66. The van der Waals surface area contributed by atoms with Crippen LogP contribution in [0, 0.1) is 5.92 Å². The molecule has 0 aliphatic carbocycles. The van der Waals surface area contributed by atoms with Crippen LogP contribution in [0.5, 0.6) is 0 Å². The van der Waals surface area contributed by atoms with E-state index in [4.69, 9.17) is 0 Å². The Morgan fingerprint density at radius 3 is 2.56 bits per heavy atom. The van der Waals surface area contributed by atoms with Gasteiger partial charge in [-0.1, -0.05) is 43.3 Å². The Morgan fingerprint density at radius 1 is 1.03 bits per heavy atom. The number of carbonyl (C=O) groups is 2. The predicted molar refractivity (Wildman–Crippen MR) is 123 cm³/mol. The van der Waals surface area contributed by atoms with Gasteiger partial charge < -0.3 is 20.1 Å². The lowest BCUT2D eigenvalue weighted by atomic mass is 9.83. The first-order chi connectivity index (χ1) is 15.4. The fraction of sp³-hybridized carbons (Fsp3) is 0.480. The number of nitrogens with zero attached hydrogens (tertiary/aromatic N) is 2. The van der Waals surface area contributed by atoms with Crippen molar-refractivity contribution in [1.29, 1.82) is 0 Å². The number of carbonyl (C=O) groups excluding carboxylic acids is 2. The van der Waals surface area contributed by atoms with Crippen LogP contribution in [-0.4, -0.2) is 46.6 Å². The zero-order valence-electron chi connectivity index (χ0n) is 18.8. The second-order valence-electron chi connectivity index (χ2n) is 9.11. The summed E-state index contributed by atoms with van der Waals surface area (Å²) < 4.78 is 1.85. The Hall–Kier alpha value is -3.09. The van der Waals surface area contributed by atoms with Crippen LogP contribution in [0.3, 0.4) is 0 Å². The van der Waals surface area contributed by atoms with Crippen molar-refractivity contribution in [3.63, 3.8) is 0 Å². The number of likely N-dealkylation sites (tertiary alicyclic amines) is 1. The molecule has 3 amide bonds. The van der Waals surface area contributed by atoms with E-state index in [2.05, 4.69) is 10.6 Å². The Balaban J connectivity index is 1.48. The number of rotatable bonds is 6. The second kappa shape index (κ2) is 9.59. The minimum Gasteiger partial charge on any atom is -0.352 e. The first kappa shape index (κ1) is 22.1. The first-order valence-corrected chi connectivity index (χ1v) is 11.5. The van der Waals surface area contributed by atoms with Crippen molar-refractivity contribution >= 4 is 11.9 Å². The molecule has 0 radical (unpaired) electrons. The maximum absolute atomic E-state index is 13.2. The van der Waals surface area contributed by atoms with Gasteiger partial charge >= 0.3 is 6.03 Å². The summed E-state index contributed by atoms with van der Waals surface area (Å²) in [7, 11) is 0. The number of hydrogen-bond acceptors (Lipinski definition) is 3. The molecule has 2 aliphatic rings. The molecule has 1 saturated heterocycles. The zero-order chi connectivity index (χ0) is 22.7. The van der Waals surface area contributed by atoms with E-state index in [1.807, 2.05) is 59.7 Å². The molecule has 0 spiro atoms. The second-order valence-corrected chi connectivity index (χ2v) is 9.11. The Morgan fingerprint density at radius 2 is 1.81 bits per heavy atom. The number of aromatic nitrogens is 1. The summed E-state index contributed by atoms with van der Waals surface area (Å²) >= 11 is 0. The number of fused-ring (bicyclic) bond motifs is 4. The largest absolute Gasteiger partial charge is 0.352 e. The lowest BCUT2D eigenvalue weighted by Crippen LogP contribution is -2.57. The molecule has 1 aromatic carbocycles. The molecule has 2 aromatic rings. The molecule has 4 unspecified atom stereocenters. The van der Waals surface area contributed by atoms with Crippen LogP contribution in [0.15, 0.2) is 53.3 Å². The van der Waals surface area contributed by atoms with Gasteiger partial charge in [-0.2, -0.15) is 0 Å². The van der Waals surface area contributed by atoms with Crippen molar-refractivity contribution in [3.05, 3.63) is 70.1 Å². The summed E-state index contributed by atoms with van der Waals surface area (Å²) in [4.78, 5) is 40.2. The molecular weight excluding hydrogens is 404 g/mol. The molecule has 7 heteroatoms. The Kier molecular flexibility index (Phi) is 6.63. The van der Waals surface area contributed by atoms with Crippen LogP contribution in [0.25, 0.3) is 0 Å². The molecular formula is C25H32N4O3. The van der Waals surface area contributed by atoms with Crippen LogP contribution >= 0.6 is 0 Å². The standard InChI is InChI=1S/C25H32N4O3/c1-3-17(2)26-24(31)21(13-18-8-5-4-6-9-18)27-25(32)28-14-19-12-20(16-28)22-10-7-11-23(30)29(22)15-19/h4-11,17,19-21H,3,12-16H2,1-2H3,(H,26,31)(H,27,32). The van der Waals surface area contributed by atoms with Gasteiger partial charge in [0.25, 0.3) is 5.56 Å². The summed E-state index contributed by atoms with van der Waals surface area (Å²) in [6, 6.07) is 14.3. The fourth-order valence-electron chi connectivity index (χ4n) is 4.81. The van der Waals surface area contributed by atoms with E-state index < -0.39 is 6.04 Å². The van der Waals surface area contributed by atoms with Gasteiger partial charge in [0.2, 0.25) is 5.91 Å². The quantitative estimate of drug-likeness (QED) is 0.730. The minimum atomic E-state index is -0.643. The third kappa shape index (κ3) is 4.87. The number of urea groups is 1. The fourth-order valence-corrected chi connectivity index (χ4v) is 4.81. The molecule has 2 N–H and O–H groups in total. The molecule has 2 aliphatic heterocycles. The summed E-state index contributed by atoms with van der Waals surface area (Å²) in [6.07, 6.45) is 2.24. The number of amides is 3. The summed E-state index contributed by atoms with van der Waals surface area (Å²) in [6.45, 7) is 5.76. The van der Waals surface area contributed by atoms with Gasteiger partial charge in [0.1, 0.15) is 6.04 Å². The van der Waals surface area contributed by atoms with Gasteiger partial charge in [-0.3, -0.25) is 9.59 Å². The van der Waals surface area contributed by atoms with Gasteiger partial charge in [-0.25, -0.2) is 4.79 Å². The number of pyridine rings is 1. The van der Waals surface area contributed by atoms with Gasteiger partial charge in [-0.05, 0) is 37.3 Å². The SMILES string of the molecule is CCC(C)NC(=O)C(Cc1ccccc1)NC(=O)N1CC2CC(C1)c1cccc(=O)n1C2. The van der Waals surface area contributed by atoms with E-state index in [0.717, 1.165) is 24.1 Å². The van der Waals surface area contributed by atoms with E-state index in [0.29, 0.717) is 26.1 Å². The molecule has 7 nitrogen and oxygen atoms in total. The van der Waals surface area contributed by atoms with Crippen molar-refractivity contribution in [3.8, 4) is 0 Å². The smallest absolute Gasteiger partial charge is 0.318 e. The monoisotopic (exact) mass is 436 g/mol. The zero-order valence-corrected chi connectivity index (χ0v) is 18.8. The molecule has 1 aromatic heterocycles. The van der Waals surface area contributed by atoms with Crippen molar-refractivity contribution in [2.24, 2.45) is 5.92 Å². The van der Waals surface area contributed by atoms with Crippen LogP contribution < -0.4 is 16.2 Å². The van der Waals surface area contributed by atoms with Crippen molar-refractivity contribution in [1.82, 2.24) is 20.1 Å². The van der Waals surface area contributed by atoms with Gasteiger partial charge in [0.05, 0.1) is 0 Å². The highest BCUT2D eigenvalue weighted by Crippen LogP contribution is 2.34. The molecule has 2 bridgehead atoms. The number of nitrogens with one attached hydrogen (secondary N) is 2. The Bertz CT molecular complexity index is 1020. The molecule has 32 heavy (non-hydrogen) atoms. The highest BCUT2D eigenvalue weighted by molar-refractivity contribution is 5.87. The molecule has 1 fully saturated rings. The molecule has 3 heterocycles. The maximum Gasteiger partial charge on any atom is 0.318 e. The Labute approximate surface area is 188 Å². The number of hydrogen-bond donors (Lipinski definition) is 2. The van der Waals surface area contributed by atoms with Crippen LogP contribution in [0.2, 0.25) is 0 Å². The van der Waals surface area contributed by atoms with E-state index in [-0.39, 0.29) is 35.4 Å². The van der Waals surface area contributed by atoms with E-state index in [9.17, 15) is 14.4 Å². The highest BCUT2D eigenvalue weighted by atomic mass is 16.2. The van der Waals surface area contributed by atoms with Gasteiger partial charge in [-0.15, -0.1) is 0 Å². The highest BCUT2D eigenvalue weighted by Gasteiger charge is 2.37. The van der Waals surface area contributed by atoms with Crippen molar-refractivity contribution < 1.29 is 9.59 Å². The maximum atomic E-state index is 13.2. The summed E-state index contributed by atoms with van der Waals surface area (Å²) in [5.74, 6) is 0.225. The normalized spacial score (nSPS) is 21.2. The van der Waals surface area contributed by atoms with Crippen LogP contribution in [0.4, 0.5) is 4.79 Å². The number of piperidine rings is 1. The molecule has 0 saturated carbocycles. The van der Waals surface area contributed by atoms with Gasteiger partial charge in [0, 0.05) is 49.8 Å². The minimum absolute atomic E-state index is 0.0275. The summed E-state index contributed by atoms with van der Waals surface area (Å²) in [5.41, 5.74) is 2.03. The average Bonchev–Trinajstić information content (AvgIpc) is 2.79. The third-order valence-corrected chi connectivity index (χ3v) is 6.66. The molecule has 170 valence electrons. The molecule has 4 atom stereocenters. The first-order valence-electron chi connectivity index (χ1n) is 11.5. The van der Waals surface area contributed by atoms with E-state index >= 15 is 0 Å². The number of benzene rings is 1. The van der Waals surface area contributed by atoms with E-state index in [1.54, 1.807) is 12.1 Å². The van der Waals surface area contributed by atoms with Crippen LogP contribution in [-0.2, 0) is 17.8 Å². The van der Waals surface area contributed by atoms with Gasteiger partial charge in [0.15, 0.2) is 0 Å².